The van der Waals surface area contributed by atoms with Crippen LogP contribution >= 0.6 is 11.3 Å². The lowest BCUT2D eigenvalue weighted by Crippen LogP contribution is -2.42. The van der Waals surface area contributed by atoms with E-state index in [0.717, 1.165) is 35.7 Å². The van der Waals surface area contributed by atoms with E-state index < -0.39 is 41.0 Å². The highest BCUT2D eigenvalue weighted by molar-refractivity contribution is 7.12. The van der Waals surface area contributed by atoms with Gasteiger partial charge in [0.15, 0.2) is 21.9 Å². The Kier molecular flexibility index (Phi) is 6.17. The average Bonchev–Trinajstić information content (AvgIpc) is 3.14. The largest absolute Gasteiger partial charge is 0.465 e. The zero-order valence-electron chi connectivity index (χ0n) is 16.9. The molecule has 0 amide bonds. The van der Waals surface area contributed by atoms with Gasteiger partial charge in [-0.05, 0) is 29.6 Å². The first-order valence-electron chi connectivity index (χ1n) is 8.89. The minimum atomic E-state index is -4.67. The number of anilines is 1. The fourth-order valence-electron chi connectivity index (χ4n) is 2.57. The van der Waals surface area contributed by atoms with E-state index >= 15 is 0 Å². The number of benzene rings is 1. The topological polar surface area (TPSA) is 100 Å². The Morgan fingerprint density at radius 3 is 2.38 bits per heavy atom. The highest BCUT2D eigenvalue weighted by atomic mass is 32.1. The molecule has 2 heterocycles. The van der Waals surface area contributed by atoms with Crippen LogP contribution in [-0.2, 0) is 30.0 Å². The summed E-state index contributed by atoms with van der Waals surface area (Å²) in [5.74, 6) is -4.25. The van der Waals surface area contributed by atoms with Gasteiger partial charge in [0, 0.05) is 20.0 Å². The fourth-order valence-corrected chi connectivity index (χ4v) is 3.31. The third-order valence-corrected chi connectivity index (χ3v) is 4.89. The van der Waals surface area contributed by atoms with E-state index in [1.54, 1.807) is 0 Å². The van der Waals surface area contributed by atoms with Gasteiger partial charge in [-0.1, -0.05) is 0 Å². The van der Waals surface area contributed by atoms with Crippen LogP contribution < -0.4 is 10.1 Å². The molecule has 32 heavy (non-hydrogen) atoms. The van der Waals surface area contributed by atoms with Crippen LogP contribution in [0.1, 0.15) is 29.1 Å². The molecule has 2 aromatic rings. The monoisotopic (exact) mass is 471 g/mol. The van der Waals surface area contributed by atoms with Gasteiger partial charge in [-0.3, -0.25) is 0 Å². The maximum absolute atomic E-state index is 13.2. The zero-order valence-corrected chi connectivity index (χ0v) is 17.7. The molecule has 1 saturated heterocycles. The normalized spacial score (nSPS) is 15.5. The maximum atomic E-state index is 13.2. The molecule has 1 fully saturated rings. The van der Waals surface area contributed by atoms with Crippen molar-refractivity contribution in [3.63, 3.8) is 0 Å². The number of carbonyl (C=O) groups is 3. The van der Waals surface area contributed by atoms with Crippen molar-refractivity contribution in [2.24, 2.45) is 0 Å². The molecule has 0 atom stereocenters. The Bertz CT molecular complexity index is 1080. The number of alkyl halides is 3. The number of hydrogen-bond donors (Lipinski definition) is 1. The molecular weight excluding hydrogens is 455 g/mol. The molecule has 1 aromatic carbocycles. The van der Waals surface area contributed by atoms with E-state index in [9.17, 15) is 27.6 Å². The Morgan fingerprint density at radius 2 is 1.78 bits per heavy atom. The average molecular weight is 471 g/mol. The predicted molar refractivity (Wildman–Crippen MR) is 105 cm³/mol. The van der Waals surface area contributed by atoms with Crippen LogP contribution in [0.25, 0.3) is 0 Å². The predicted octanol–water partition coefficient (Wildman–Crippen LogP) is 4.48. The van der Waals surface area contributed by atoms with Crippen LogP contribution in [-0.4, -0.2) is 30.8 Å². The quantitative estimate of drug-likeness (QED) is 0.387. The molecule has 0 bridgehead atoms. The standard InChI is InChI=1S/C20H16F3NO7S/c1-19(2)30-16(25)11(17(26)31-19)9-24-12-8-10(20(21,22)23)4-5-13(12)29-14-6-7-32-15(14)18(27)28-3/h4-9,24H,1-3H3. The summed E-state index contributed by atoms with van der Waals surface area (Å²) in [6, 6.07) is 3.97. The summed E-state index contributed by atoms with van der Waals surface area (Å²) >= 11 is 1.02. The summed E-state index contributed by atoms with van der Waals surface area (Å²) in [6.07, 6.45) is -3.81. The lowest BCUT2D eigenvalue weighted by molar-refractivity contribution is -0.222. The summed E-state index contributed by atoms with van der Waals surface area (Å²) in [6.45, 7) is 2.71. The molecule has 170 valence electrons. The van der Waals surface area contributed by atoms with Crippen molar-refractivity contribution in [1.29, 1.82) is 0 Å². The van der Waals surface area contributed by atoms with Gasteiger partial charge in [-0.25, -0.2) is 14.4 Å². The maximum Gasteiger partial charge on any atom is 0.416 e. The first kappa shape index (κ1) is 23.1. The Hall–Kier alpha value is -3.54. The lowest BCUT2D eigenvalue weighted by atomic mass is 10.1. The summed E-state index contributed by atoms with van der Waals surface area (Å²) in [5.41, 5.74) is -1.81. The van der Waals surface area contributed by atoms with Gasteiger partial charge < -0.3 is 24.3 Å². The van der Waals surface area contributed by atoms with Gasteiger partial charge in [0.25, 0.3) is 5.79 Å². The number of esters is 3. The van der Waals surface area contributed by atoms with Gasteiger partial charge in [0.2, 0.25) is 0 Å². The molecule has 1 aromatic heterocycles. The number of carbonyl (C=O) groups excluding carboxylic acids is 3. The SMILES string of the molecule is COC(=O)c1sccc1Oc1ccc(C(F)(F)F)cc1NC=C1C(=O)OC(C)(C)OC1=O. The Morgan fingerprint density at radius 1 is 1.12 bits per heavy atom. The van der Waals surface area contributed by atoms with Crippen molar-refractivity contribution in [1.82, 2.24) is 0 Å². The Labute approximate surface area is 183 Å². The fraction of sp³-hybridized carbons (Fsp3) is 0.250. The molecule has 12 heteroatoms. The molecule has 8 nitrogen and oxygen atoms in total. The van der Waals surface area contributed by atoms with Crippen LogP contribution in [0, 0.1) is 0 Å². The second-order valence-corrected chi connectivity index (χ2v) is 7.71. The molecule has 0 aliphatic carbocycles. The van der Waals surface area contributed by atoms with E-state index in [1.165, 1.54) is 32.4 Å². The van der Waals surface area contributed by atoms with Gasteiger partial charge in [0.05, 0.1) is 18.4 Å². The number of halogens is 3. The summed E-state index contributed by atoms with van der Waals surface area (Å²) in [5, 5.41) is 4.00. The van der Waals surface area contributed by atoms with E-state index in [2.05, 4.69) is 10.1 Å². The first-order chi connectivity index (χ1) is 14.9. The van der Waals surface area contributed by atoms with Crippen LogP contribution in [0.15, 0.2) is 41.4 Å². The molecule has 0 saturated carbocycles. The van der Waals surface area contributed by atoms with Crippen molar-refractivity contribution in [2.75, 3.05) is 12.4 Å². The highest BCUT2D eigenvalue weighted by Crippen LogP contribution is 2.39. The second kappa shape index (κ2) is 8.54. The third kappa shape index (κ3) is 5.02. The summed E-state index contributed by atoms with van der Waals surface area (Å²) < 4.78 is 59.8. The minimum Gasteiger partial charge on any atom is -0.465 e. The van der Waals surface area contributed by atoms with Gasteiger partial charge in [0.1, 0.15) is 0 Å². The van der Waals surface area contributed by atoms with Crippen molar-refractivity contribution in [3.05, 3.63) is 51.9 Å². The van der Waals surface area contributed by atoms with Gasteiger partial charge in [-0.2, -0.15) is 13.2 Å². The molecule has 0 unspecified atom stereocenters. The molecular formula is C20H16F3NO7S. The minimum absolute atomic E-state index is 0.0514. The molecule has 1 N–H and O–H groups in total. The van der Waals surface area contributed by atoms with E-state index in [4.69, 9.17) is 14.2 Å². The van der Waals surface area contributed by atoms with Gasteiger partial charge in [-0.15, -0.1) is 11.3 Å². The van der Waals surface area contributed by atoms with Crippen molar-refractivity contribution >= 4 is 34.9 Å². The number of hydrogen-bond acceptors (Lipinski definition) is 9. The second-order valence-electron chi connectivity index (χ2n) is 6.80. The number of rotatable bonds is 5. The number of nitrogens with one attached hydrogen (secondary N) is 1. The summed E-state index contributed by atoms with van der Waals surface area (Å²) in [4.78, 5) is 36.1. The molecule has 3 rings (SSSR count). The smallest absolute Gasteiger partial charge is 0.416 e. The van der Waals surface area contributed by atoms with Crippen molar-refractivity contribution < 1.29 is 46.5 Å². The van der Waals surface area contributed by atoms with Crippen molar-refractivity contribution in [2.45, 2.75) is 25.8 Å². The van der Waals surface area contributed by atoms with Crippen molar-refractivity contribution in [3.8, 4) is 11.5 Å². The number of methoxy groups -OCH3 is 1. The molecule has 0 radical (unpaired) electrons. The van der Waals surface area contributed by atoms with Crippen LogP contribution in [0.4, 0.5) is 18.9 Å². The Balaban J connectivity index is 1.96. The molecule has 1 aliphatic rings. The van der Waals surface area contributed by atoms with E-state index in [-0.39, 0.29) is 22.1 Å². The lowest BCUT2D eigenvalue weighted by Gasteiger charge is -2.29. The first-order valence-corrected chi connectivity index (χ1v) is 9.77. The number of thiophene rings is 1. The third-order valence-electron chi connectivity index (χ3n) is 4.02. The van der Waals surface area contributed by atoms with Crippen LogP contribution in [0.2, 0.25) is 0 Å². The number of cyclic esters (lactones) is 2. The van der Waals surface area contributed by atoms with E-state index in [0.29, 0.717) is 0 Å². The van der Waals surface area contributed by atoms with Crippen LogP contribution in [0.5, 0.6) is 11.5 Å². The van der Waals surface area contributed by atoms with E-state index in [1.807, 2.05) is 0 Å². The molecule has 0 spiro atoms. The highest BCUT2D eigenvalue weighted by Gasteiger charge is 2.39. The number of ether oxygens (including phenoxy) is 4. The zero-order chi connectivity index (χ0) is 23.7. The molecule has 1 aliphatic heterocycles. The van der Waals surface area contributed by atoms with Crippen LogP contribution in [0.3, 0.4) is 0 Å². The summed E-state index contributed by atoms with van der Waals surface area (Å²) in [7, 11) is 1.17. The van der Waals surface area contributed by atoms with Gasteiger partial charge >= 0.3 is 24.1 Å².